The Kier molecular flexibility index (Phi) is 4.79. The predicted octanol–water partition coefficient (Wildman–Crippen LogP) is 1.96. The molecule has 1 aliphatic carbocycles. The third-order valence-electron chi connectivity index (χ3n) is 4.74. The highest BCUT2D eigenvalue weighted by Gasteiger charge is 2.26. The summed E-state index contributed by atoms with van der Waals surface area (Å²) in [5.74, 6) is 0.132. The molecule has 0 saturated heterocycles. The van der Waals surface area contributed by atoms with Gasteiger partial charge < -0.3 is 10.4 Å². The quantitative estimate of drug-likeness (QED) is 0.719. The van der Waals surface area contributed by atoms with E-state index < -0.39 is 15.6 Å². The molecule has 0 aliphatic heterocycles. The molecule has 0 unspecified atom stereocenters. The van der Waals surface area contributed by atoms with Crippen LogP contribution in [0.4, 0.5) is 5.69 Å². The van der Waals surface area contributed by atoms with Gasteiger partial charge in [0, 0.05) is 31.1 Å². The van der Waals surface area contributed by atoms with Crippen molar-refractivity contribution in [2.75, 3.05) is 18.1 Å². The van der Waals surface area contributed by atoms with Crippen molar-refractivity contribution in [2.45, 2.75) is 38.1 Å². The molecule has 1 fully saturated rings. The van der Waals surface area contributed by atoms with Crippen molar-refractivity contribution >= 4 is 21.3 Å². The lowest BCUT2D eigenvalue weighted by Gasteiger charge is -2.16. The molecular weight excluding hydrogens is 354 g/mol. The van der Waals surface area contributed by atoms with E-state index in [2.05, 4.69) is 10.4 Å². The van der Waals surface area contributed by atoms with E-state index in [9.17, 15) is 18.0 Å². The van der Waals surface area contributed by atoms with Gasteiger partial charge in [-0.05, 0) is 50.3 Å². The third kappa shape index (κ3) is 3.46. The fourth-order valence-corrected chi connectivity index (χ4v) is 3.89. The number of aryl methyl sites for hydroxylation is 1. The molecular formula is C18H23N3O4S. The third-order valence-corrected chi connectivity index (χ3v) is 5.88. The molecule has 2 aromatic rings. The maximum atomic E-state index is 12.9. The van der Waals surface area contributed by atoms with Gasteiger partial charge in [0.25, 0.3) is 5.56 Å². The molecule has 0 spiro atoms. The van der Waals surface area contributed by atoms with E-state index in [0.29, 0.717) is 35.8 Å². The normalized spacial score (nSPS) is 14.4. The summed E-state index contributed by atoms with van der Waals surface area (Å²) in [7, 11) is -3.44. The zero-order chi connectivity index (χ0) is 19.1. The number of rotatable bonds is 7. The Labute approximate surface area is 152 Å². The fourth-order valence-electron chi connectivity index (χ4n) is 2.98. The molecule has 140 valence electrons. The number of carbonyl (C=O) groups is 1. The van der Waals surface area contributed by atoms with Gasteiger partial charge in [0.2, 0.25) is 5.78 Å². The van der Waals surface area contributed by atoms with Crippen molar-refractivity contribution in [2.24, 2.45) is 5.92 Å². The van der Waals surface area contributed by atoms with Crippen LogP contribution in [0.5, 0.6) is 0 Å². The second-order valence-corrected chi connectivity index (χ2v) is 8.76. The Morgan fingerprint density at radius 1 is 1.31 bits per heavy atom. The lowest BCUT2D eigenvalue weighted by atomic mass is 9.99. The van der Waals surface area contributed by atoms with Crippen LogP contribution in [0.1, 0.15) is 41.3 Å². The molecule has 0 radical (unpaired) electrons. The minimum absolute atomic E-state index is 0.0511. The number of ketones is 1. The Hall–Kier alpha value is -2.35. The molecule has 8 heteroatoms. The molecule has 3 rings (SSSR count). The summed E-state index contributed by atoms with van der Waals surface area (Å²) < 4.78 is 25.6. The van der Waals surface area contributed by atoms with Gasteiger partial charge in [-0.15, -0.1) is 0 Å². The van der Waals surface area contributed by atoms with Crippen LogP contribution in [0.2, 0.25) is 0 Å². The molecule has 1 aliphatic rings. The van der Waals surface area contributed by atoms with Gasteiger partial charge in [-0.3, -0.25) is 14.3 Å². The number of hydrogen-bond donors (Lipinski definition) is 2. The van der Waals surface area contributed by atoms with E-state index in [0.717, 1.165) is 19.1 Å². The maximum Gasteiger partial charge on any atom is 0.277 e. The summed E-state index contributed by atoms with van der Waals surface area (Å²) in [5.41, 5.74) is 1.00. The van der Waals surface area contributed by atoms with E-state index in [1.807, 2.05) is 0 Å². The molecule has 0 bridgehead atoms. The summed E-state index contributed by atoms with van der Waals surface area (Å²) in [5, 5.41) is 5.97. The number of aromatic amines is 1. The van der Waals surface area contributed by atoms with E-state index in [4.69, 9.17) is 0 Å². The second kappa shape index (κ2) is 6.75. The molecule has 0 atom stereocenters. The number of nitrogens with zero attached hydrogens (tertiary/aromatic N) is 1. The number of H-pyrrole nitrogens is 1. The second-order valence-electron chi connectivity index (χ2n) is 6.77. The highest BCUT2D eigenvalue weighted by atomic mass is 32.2. The van der Waals surface area contributed by atoms with Gasteiger partial charge in [0.1, 0.15) is 5.56 Å². The van der Waals surface area contributed by atoms with Gasteiger partial charge in [-0.2, -0.15) is 0 Å². The standard InChI is InChI=1S/C18H23N3O4S/c1-4-21-18(23)14(10-20-21)17(22)13-7-8-15(26(3,24)25)16(11(13)2)19-9-12-5-6-12/h7-8,10,12,19-20H,4-6,9H2,1-3H3. The first-order chi connectivity index (χ1) is 12.2. The van der Waals surface area contributed by atoms with Crippen LogP contribution >= 0.6 is 0 Å². The maximum absolute atomic E-state index is 12.9. The first-order valence-electron chi connectivity index (χ1n) is 8.64. The summed E-state index contributed by atoms with van der Waals surface area (Å²) in [4.78, 5) is 25.3. The predicted molar refractivity (Wildman–Crippen MR) is 99.7 cm³/mol. The average Bonchev–Trinajstić information content (AvgIpc) is 3.33. The molecule has 26 heavy (non-hydrogen) atoms. The van der Waals surface area contributed by atoms with E-state index in [1.54, 1.807) is 13.8 Å². The van der Waals surface area contributed by atoms with Crippen LogP contribution in [0.3, 0.4) is 0 Å². The lowest BCUT2D eigenvalue weighted by Crippen LogP contribution is -2.22. The Morgan fingerprint density at radius 3 is 2.54 bits per heavy atom. The van der Waals surface area contributed by atoms with Gasteiger partial charge in [-0.25, -0.2) is 8.42 Å². The number of carbonyl (C=O) groups excluding carboxylic acids is 1. The van der Waals surface area contributed by atoms with Gasteiger partial charge in [0.05, 0.1) is 10.6 Å². The summed E-state index contributed by atoms with van der Waals surface area (Å²) >= 11 is 0. The molecule has 0 amide bonds. The van der Waals surface area contributed by atoms with Crippen LogP contribution in [0.15, 0.2) is 28.0 Å². The zero-order valence-corrected chi connectivity index (χ0v) is 15.9. The largest absolute Gasteiger partial charge is 0.383 e. The van der Waals surface area contributed by atoms with E-state index >= 15 is 0 Å². The van der Waals surface area contributed by atoms with Crippen molar-refractivity contribution in [3.05, 3.63) is 45.4 Å². The molecule has 1 saturated carbocycles. The Balaban J connectivity index is 2.06. The fraction of sp³-hybridized carbons (Fsp3) is 0.444. The van der Waals surface area contributed by atoms with Crippen LogP contribution in [0, 0.1) is 12.8 Å². The number of sulfone groups is 1. The van der Waals surface area contributed by atoms with Crippen molar-refractivity contribution in [3.63, 3.8) is 0 Å². The van der Waals surface area contributed by atoms with Gasteiger partial charge >= 0.3 is 0 Å². The average molecular weight is 377 g/mol. The number of aromatic nitrogens is 2. The Bertz CT molecular complexity index is 1010. The topological polar surface area (TPSA) is 101 Å². The number of hydrogen-bond acceptors (Lipinski definition) is 5. The van der Waals surface area contributed by atoms with E-state index in [1.165, 1.54) is 23.0 Å². The van der Waals surface area contributed by atoms with Gasteiger partial charge in [0.15, 0.2) is 9.84 Å². The monoisotopic (exact) mass is 377 g/mol. The van der Waals surface area contributed by atoms with Crippen LogP contribution < -0.4 is 10.9 Å². The summed E-state index contributed by atoms with van der Waals surface area (Å²) in [6.45, 7) is 4.63. The molecule has 7 nitrogen and oxygen atoms in total. The van der Waals surface area contributed by atoms with Crippen LogP contribution in [-0.4, -0.2) is 36.8 Å². The Morgan fingerprint density at radius 2 is 2.00 bits per heavy atom. The minimum atomic E-state index is -3.44. The highest BCUT2D eigenvalue weighted by Crippen LogP contribution is 2.33. The van der Waals surface area contributed by atoms with Crippen molar-refractivity contribution in [1.82, 2.24) is 9.78 Å². The van der Waals surface area contributed by atoms with Crippen LogP contribution in [0.25, 0.3) is 0 Å². The molecule has 1 aromatic heterocycles. The summed E-state index contributed by atoms with van der Waals surface area (Å²) in [6.07, 6.45) is 4.80. The molecule has 1 heterocycles. The minimum Gasteiger partial charge on any atom is -0.383 e. The number of benzene rings is 1. The first kappa shape index (κ1) is 18.4. The first-order valence-corrected chi connectivity index (χ1v) is 10.5. The van der Waals surface area contributed by atoms with Crippen molar-refractivity contribution in [1.29, 1.82) is 0 Å². The lowest BCUT2D eigenvalue weighted by molar-refractivity contribution is 0.103. The van der Waals surface area contributed by atoms with E-state index in [-0.39, 0.29) is 16.0 Å². The van der Waals surface area contributed by atoms with Gasteiger partial charge in [-0.1, -0.05) is 0 Å². The highest BCUT2D eigenvalue weighted by molar-refractivity contribution is 7.90. The number of anilines is 1. The SMILES string of the molecule is CCn1[nH]cc(C(=O)c2ccc(S(C)(=O)=O)c(NCC3CC3)c2C)c1=O. The van der Waals surface area contributed by atoms with Crippen molar-refractivity contribution < 1.29 is 13.2 Å². The van der Waals surface area contributed by atoms with Crippen LogP contribution in [-0.2, 0) is 16.4 Å². The van der Waals surface area contributed by atoms with Crippen molar-refractivity contribution in [3.8, 4) is 0 Å². The molecule has 2 N–H and O–H groups in total. The zero-order valence-electron chi connectivity index (χ0n) is 15.1. The smallest absolute Gasteiger partial charge is 0.277 e. The number of nitrogens with one attached hydrogen (secondary N) is 2. The summed E-state index contributed by atoms with van der Waals surface area (Å²) in [6, 6.07) is 2.93. The molecule has 1 aromatic carbocycles.